The fourth-order valence-electron chi connectivity index (χ4n) is 3.84. The Hall–Kier alpha value is -1.56. The lowest BCUT2D eigenvalue weighted by Gasteiger charge is -2.27. The maximum absolute atomic E-state index is 11.3. The second-order valence-corrected chi connectivity index (χ2v) is 8.68. The van der Waals surface area contributed by atoms with E-state index in [-0.39, 0.29) is 13.3 Å². The van der Waals surface area contributed by atoms with Crippen molar-refractivity contribution in [2.75, 3.05) is 0 Å². The van der Waals surface area contributed by atoms with Gasteiger partial charge in [0.25, 0.3) is 0 Å². The Morgan fingerprint density at radius 3 is 2.07 bits per heavy atom. The molecule has 1 unspecified atom stereocenters. The molecule has 2 fully saturated rings. The predicted molar refractivity (Wildman–Crippen MR) is 109 cm³/mol. The van der Waals surface area contributed by atoms with Gasteiger partial charge in [-0.1, -0.05) is 18.9 Å². The Morgan fingerprint density at radius 1 is 1.18 bits per heavy atom. The highest BCUT2D eigenvalue weighted by Gasteiger charge is 2.23. The average molecular weight is 398 g/mol. The zero-order valence-electron chi connectivity index (χ0n) is 18.7. The van der Waals surface area contributed by atoms with Gasteiger partial charge in [-0.25, -0.2) is 4.79 Å². The normalized spacial score (nSPS) is 20.1. The quantitative estimate of drug-likeness (QED) is 0.673. The Bertz CT molecular complexity index is 485. The molecule has 0 radical (unpaired) electrons. The van der Waals surface area contributed by atoms with E-state index in [0.29, 0.717) is 0 Å². The van der Waals surface area contributed by atoms with Crippen LogP contribution in [0.5, 0.6) is 0 Å². The molecule has 0 spiro atoms. The number of hydrogen-bond acceptors (Lipinski definition) is 4. The van der Waals surface area contributed by atoms with Crippen molar-refractivity contribution in [1.29, 1.82) is 0 Å². The molecular weight excluding hydrogens is 356 g/mol. The van der Waals surface area contributed by atoms with Crippen LogP contribution in [0.25, 0.3) is 0 Å². The van der Waals surface area contributed by atoms with Crippen molar-refractivity contribution in [3.05, 3.63) is 12.7 Å². The number of rotatable bonds is 6. The summed E-state index contributed by atoms with van der Waals surface area (Å²) < 4.78 is 11.9. The van der Waals surface area contributed by atoms with Crippen LogP contribution in [-0.2, 0) is 9.53 Å². The summed E-state index contributed by atoms with van der Waals surface area (Å²) in [4.78, 5) is 21.9. The first-order chi connectivity index (χ1) is 13.8. The second-order valence-electron chi connectivity index (χ2n) is 8.68. The number of ether oxygens (including phenoxy) is 1. The van der Waals surface area contributed by atoms with Crippen molar-refractivity contribution in [1.82, 2.24) is 5.32 Å². The van der Waals surface area contributed by atoms with Crippen LogP contribution in [-0.4, -0.2) is 35.8 Å². The first-order valence-corrected chi connectivity index (χ1v) is 10.7. The van der Waals surface area contributed by atoms with E-state index in [1.165, 1.54) is 70.3 Å². The summed E-state index contributed by atoms with van der Waals surface area (Å²) in [6.45, 7) is 6.37. The number of nitrogens with one attached hydrogen (secondary N) is 1. The number of nitrogens with two attached hydrogens (primary N) is 1. The maximum Gasteiger partial charge on any atom is 0.408 e. The Labute approximate surface area is 171 Å². The minimum Gasteiger partial charge on any atom is -0.548 e. The zero-order chi connectivity index (χ0) is 21.7. The molecule has 2 aliphatic carbocycles. The first-order valence-electron chi connectivity index (χ1n) is 11.4. The van der Waals surface area contributed by atoms with E-state index >= 15 is 0 Å². The highest BCUT2D eigenvalue weighted by molar-refractivity contribution is 5.78. The van der Waals surface area contributed by atoms with Crippen LogP contribution in [0.15, 0.2) is 12.7 Å². The molecule has 0 aliphatic heterocycles. The van der Waals surface area contributed by atoms with Gasteiger partial charge in [-0.05, 0) is 78.5 Å². The number of carboxylic acids is 1. The van der Waals surface area contributed by atoms with E-state index in [4.69, 9.17) is 6.11 Å². The molecule has 2 rings (SSSR count). The van der Waals surface area contributed by atoms with E-state index in [1.807, 2.05) is 0 Å². The number of carboxylic acid groups (broad SMARTS) is 1. The van der Waals surface area contributed by atoms with E-state index in [2.05, 4.69) is 17.2 Å². The number of amides is 1. The van der Waals surface area contributed by atoms with Crippen molar-refractivity contribution in [2.24, 2.45) is 0 Å². The van der Waals surface area contributed by atoms with E-state index in [1.54, 1.807) is 13.8 Å². The van der Waals surface area contributed by atoms with E-state index in [9.17, 15) is 14.7 Å². The van der Waals surface area contributed by atoms with Crippen LogP contribution in [0.3, 0.4) is 0 Å². The van der Waals surface area contributed by atoms with Gasteiger partial charge in [-0.3, -0.25) is 0 Å². The summed E-state index contributed by atoms with van der Waals surface area (Å²) in [7, 11) is 0. The monoisotopic (exact) mass is 397 g/mol. The third kappa shape index (κ3) is 11.3. The molecule has 0 saturated heterocycles. The van der Waals surface area contributed by atoms with Gasteiger partial charge < -0.3 is 25.3 Å². The summed E-state index contributed by atoms with van der Waals surface area (Å²) in [5.74, 6) is -1.40. The molecule has 28 heavy (non-hydrogen) atoms. The van der Waals surface area contributed by atoms with Crippen molar-refractivity contribution < 1.29 is 26.1 Å². The van der Waals surface area contributed by atoms with E-state index < -0.39 is 23.7 Å². The van der Waals surface area contributed by atoms with Gasteiger partial charge in [-0.2, -0.15) is 0 Å². The SMILES string of the molecule is C1CCC([NH2+]C2CCCCC2)CC1.[2H]CC(C)(C)OC(=O)NC(CC=C)C(=O)[O-]. The number of hydrogen-bond donors (Lipinski definition) is 2. The average Bonchev–Trinajstić information content (AvgIpc) is 2.69. The molecule has 0 aromatic heterocycles. The Balaban J connectivity index is 0.000000294. The number of carbonyl (C=O) groups is 2. The van der Waals surface area contributed by atoms with Crippen LogP contribution >= 0.6 is 0 Å². The predicted octanol–water partition coefficient (Wildman–Crippen LogP) is 2.42. The lowest BCUT2D eigenvalue weighted by molar-refractivity contribution is -0.725. The lowest BCUT2D eigenvalue weighted by atomic mass is 9.91. The molecule has 6 nitrogen and oxygen atoms in total. The number of quaternary nitrogens is 1. The highest BCUT2D eigenvalue weighted by Crippen LogP contribution is 2.18. The smallest absolute Gasteiger partial charge is 0.408 e. The van der Waals surface area contributed by atoms with Crippen molar-refractivity contribution >= 4 is 12.1 Å². The lowest BCUT2D eigenvalue weighted by Crippen LogP contribution is -2.95. The molecule has 162 valence electrons. The Morgan fingerprint density at radius 2 is 1.68 bits per heavy atom. The van der Waals surface area contributed by atoms with E-state index in [0.717, 1.165) is 12.1 Å². The second kappa shape index (κ2) is 12.8. The largest absolute Gasteiger partial charge is 0.548 e. The van der Waals surface area contributed by atoms with Gasteiger partial charge in [0.05, 0.1) is 24.1 Å². The first kappa shape index (κ1) is 22.7. The van der Waals surface area contributed by atoms with Gasteiger partial charge in [0.1, 0.15) is 5.60 Å². The minimum atomic E-state index is -1.40. The van der Waals surface area contributed by atoms with Gasteiger partial charge in [-0.15, -0.1) is 6.58 Å². The third-order valence-electron chi connectivity index (χ3n) is 5.19. The maximum atomic E-state index is 11.3. The standard InChI is InChI=1S/C12H23N.C10H17NO4/c1-3-7-11(8-4-1)13-12-9-5-2-6-10-12;1-5-6-7(8(12)13)11-9(14)15-10(2,3)4/h11-13H,1-10H2;5,7H,1,6H2,2-4H3,(H,11,14)(H,12,13)/i;2D. The van der Waals surface area contributed by atoms with Crippen LogP contribution in [0, 0.1) is 0 Å². The summed E-state index contributed by atoms with van der Waals surface area (Å²) in [6.07, 6.45) is 15.5. The zero-order valence-corrected chi connectivity index (χ0v) is 17.7. The molecule has 6 heteroatoms. The minimum absolute atomic E-state index is 0.0543. The number of carbonyl (C=O) groups excluding carboxylic acids is 2. The summed E-state index contributed by atoms with van der Waals surface area (Å²) in [5, 5.41) is 15.4. The molecule has 0 bridgehead atoms. The number of alkyl carbamates (subject to hydrolysis) is 1. The summed E-state index contributed by atoms with van der Waals surface area (Å²) >= 11 is 0. The third-order valence-corrected chi connectivity index (χ3v) is 5.19. The van der Waals surface area contributed by atoms with Crippen LogP contribution < -0.4 is 15.7 Å². The van der Waals surface area contributed by atoms with Gasteiger partial charge in [0.2, 0.25) is 0 Å². The molecule has 2 aliphatic rings. The molecule has 2 saturated carbocycles. The molecular formula is C22H40N2O4. The molecule has 1 atom stereocenters. The fourth-order valence-corrected chi connectivity index (χ4v) is 3.84. The topological polar surface area (TPSA) is 95.1 Å². The molecule has 0 aromatic rings. The number of aliphatic carboxylic acids is 1. The Kier molecular flexibility index (Phi) is 10.4. The molecule has 1 amide bonds. The van der Waals surface area contributed by atoms with Gasteiger partial charge in [0, 0.05) is 1.37 Å². The molecule has 0 aromatic carbocycles. The van der Waals surface area contributed by atoms with Gasteiger partial charge >= 0.3 is 6.09 Å². The molecule has 3 N–H and O–H groups in total. The fraction of sp³-hybridized carbons (Fsp3) is 0.818. The van der Waals surface area contributed by atoms with Crippen molar-refractivity contribution in [2.45, 2.75) is 115 Å². The molecule has 0 heterocycles. The highest BCUT2D eigenvalue weighted by atomic mass is 16.6. The summed E-state index contributed by atoms with van der Waals surface area (Å²) in [5.41, 5.74) is -0.950. The van der Waals surface area contributed by atoms with Crippen LogP contribution in [0.2, 0.25) is 0 Å². The van der Waals surface area contributed by atoms with Crippen molar-refractivity contribution in [3.8, 4) is 0 Å². The van der Waals surface area contributed by atoms with Crippen molar-refractivity contribution in [3.63, 3.8) is 0 Å². The van der Waals surface area contributed by atoms with Crippen LogP contribution in [0.1, 0.15) is 92.7 Å². The summed E-state index contributed by atoms with van der Waals surface area (Å²) in [6, 6.07) is 0.834. The van der Waals surface area contributed by atoms with Crippen LogP contribution in [0.4, 0.5) is 4.79 Å². The van der Waals surface area contributed by atoms with Gasteiger partial charge in [0.15, 0.2) is 0 Å².